The van der Waals surface area contributed by atoms with Crippen LogP contribution in [0.1, 0.15) is 28.2 Å². The van der Waals surface area contributed by atoms with Gasteiger partial charge in [0.25, 0.3) is 0 Å². The number of aromatic nitrogens is 2. The first-order valence-corrected chi connectivity index (χ1v) is 6.92. The minimum absolute atomic E-state index is 0.910. The Kier molecular flexibility index (Phi) is 3.56. The molecule has 2 heterocycles. The molecule has 19 heavy (non-hydrogen) atoms. The summed E-state index contributed by atoms with van der Waals surface area (Å²) in [4.78, 5) is 9.19. The van der Waals surface area contributed by atoms with Gasteiger partial charge in [-0.2, -0.15) is 0 Å². The highest BCUT2D eigenvalue weighted by molar-refractivity contribution is 5.26. The van der Waals surface area contributed by atoms with E-state index in [0.717, 1.165) is 38.2 Å². The molecule has 0 fully saturated rings. The molecule has 3 heteroatoms. The molecule has 0 spiro atoms. The van der Waals surface area contributed by atoms with E-state index in [1.54, 1.807) is 0 Å². The van der Waals surface area contributed by atoms with E-state index in [9.17, 15) is 0 Å². The molecular weight excluding hydrogens is 234 g/mol. The maximum atomic E-state index is 4.71. The smallest absolute Gasteiger partial charge is 0.128 e. The summed E-state index contributed by atoms with van der Waals surface area (Å²) >= 11 is 0. The number of hydrogen-bond donors (Lipinski definition) is 1. The predicted octanol–water partition coefficient (Wildman–Crippen LogP) is 2.22. The van der Waals surface area contributed by atoms with Gasteiger partial charge in [-0.15, -0.1) is 0 Å². The van der Waals surface area contributed by atoms with Crippen molar-refractivity contribution >= 4 is 0 Å². The summed E-state index contributed by atoms with van der Waals surface area (Å²) in [7, 11) is 0. The first kappa shape index (κ1) is 12.3. The Morgan fingerprint density at radius 2 is 2.11 bits per heavy atom. The summed E-state index contributed by atoms with van der Waals surface area (Å²) in [6.07, 6.45) is 4.95. The van der Waals surface area contributed by atoms with E-state index in [1.165, 1.54) is 22.4 Å². The highest BCUT2D eigenvalue weighted by atomic mass is 14.9. The zero-order valence-electron chi connectivity index (χ0n) is 11.3. The molecule has 1 N–H and O–H groups in total. The second-order valence-corrected chi connectivity index (χ2v) is 5.11. The fourth-order valence-electron chi connectivity index (χ4n) is 2.53. The monoisotopic (exact) mass is 253 g/mol. The number of benzene rings is 1. The van der Waals surface area contributed by atoms with E-state index in [-0.39, 0.29) is 0 Å². The topological polar surface area (TPSA) is 37.8 Å². The van der Waals surface area contributed by atoms with Crippen molar-refractivity contribution in [3.8, 4) is 0 Å². The Bertz CT molecular complexity index is 578. The van der Waals surface area contributed by atoms with E-state index in [2.05, 4.69) is 41.5 Å². The second-order valence-electron chi connectivity index (χ2n) is 5.11. The lowest BCUT2D eigenvalue weighted by Gasteiger charge is -2.16. The average Bonchev–Trinajstić information content (AvgIpc) is 2.46. The molecule has 0 aliphatic carbocycles. The van der Waals surface area contributed by atoms with Crippen molar-refractivity contribution in [2.75, 3.05) is 6.54 Å². The van der Waals surface area contributed by atoms with Gasteiger partial charge in [-0.3, -0.25) is 0 Å². The lowest BCUT2D eigenvalue weighted by atomic mass is 10.0. The Hall–Kier alpha value is -1.74. The van der Waals surface area contributed by atoms with E-state index < -0.39 is 0 Å². The van der Waals surface area contributed by atoms with Gasteiger partial charge in [0, 0.05) is 43.4 Å². The van der Waals surface area contributed by atoms with Crippen LogP contribution in [0.25, 0.3) is 0 Å². The first-order valence-electron chi connectivity index (χ1n) is 6.92. The normalized spacial score (nSPS) is 14.2. The van der Waals surface area contributed by atoms with E-state index in [0.29, 0.717) is 0 Å². The van der Waals surface area contributed by atoms with Crippen molar-refractivity contribution in [1.29, 1.82) is 0 Å². The zero-order valence-corrected chi connectivity index (χ0v) is 11.3. The Balaban J connectivity index is 1.72. The molecule has 0 unspecified atom stereocenters. The number of aryl methyl sites for hydroxylation is 3. The minimum Gasteiger partial charge on any atom is -0.312 e. The average molecular weight is 253 g/mol. The van der Waals surface area contributed by atoms with Crippen molar-refractivity contribution in [3.63, 3.8) is 0 Å². The number of fused-ring (bicyclic) bond motifs is 1. The molecule has 1 aliphatic heterocycles. The van der Waals surface area contributed by atoms with Crippen LogP contribution < -0.4 is 5.32 Å². The van der Waals surface area contributed by atoms with Gasteiger partial charge in [-0.1, -0.05) is 24.3 Å². The molecular formula is C16H19N3. The van der Waals surface area contributed by atoms with Gasteiger partial charge in [0.2, 0.25) is 0 Å². The standard InChI is InChI=1S/C16H19N3/c1-12-4-2-3-5-13(12)6-7-16-18-11-14-10-17-9-8-15(14)19-16/h2-5,11,17H,6-10H2,1H3. The van der Waals surface area contributed by atoms with Crippen LogP contribution in [0.4, 0.5) is 0 Å². The minimum atomic E-state index is 0.910. The molecule has 98 valence electrons. The summed E-state index contributed by atoms with van der Waals surface area (Å²) in [5.41, 5.74) is 5.23. The van der Waals surface area contributed by atoms with Crippen LogP contribution in [-0.2, 0) is 25.8 Å². The van der Waals surface area contributed by atoms with Crippen LogP contribution >= 0.6 is 0 Å². The molecule has 3 rings (SSSR count). The summed E-state index contributed by atoms with van der Waals surface area (Å²) < 4.78 is 0. The lowest BCUT2D eigenvalue weighted by molar-refractivity contribution is 0.619. The van der Waals surface area contributed by atoms with Crippen LogP contribution in [0.2, 0.25) is 0 Å². The fraction of sp³-hybridized carbons (Fsp3) is 0.375. The third kappa shape index (κ3) is 2.82. The van der Waals surface area contributed by atoms with E-state index >= 15 is 0 Å². The Labute approximate surface area is 114 Å². The van der Waals surface area contributed by atoms with Gasteiger partial charge in [-0.05, 0) is 24.5 Å². The maximum Gasteiger partial charge on any atom is 0.128 e. The summed E-state index contributed by atoms with van der Waals surface area (Å²) in [6.45, 7) is 4.10. The highest BCUT2D eigenvalue weighted by Crippen LogP contribution is 2.13. The van der Waals surface area contributed by atoms with Gasteiger partial charge in [0.1, 0.15) is 5.82 Å². The van der Waals surface area contributed by atoms with E-state index in [1.807, 2.05) is 6.20 Å². The van der Waals surface area contributed by atoms with E-state index in [4.69, 9.17) is 4.98 Å². The number of nitrogens with zero attached hydrogens (tertiary/aromatic N) is 2. The van der Waals surface area contributed by atoms with Gasteiger partial charge >= 0.3 is 0 Å². The Morgan fingerprint density at radius 3 is 3.00 bits per heavy atom. The van der Waals surface area contributed by atoms with Gasteiger partial charge < -0.3 is 5.32 Å². The number of nitrogens with one attached hydrogen (secondary N) is 1. The quantitative estimate of drug-likeness (QED) is 0.911. The van der Waals surface area contributed by atoms with Crippen LogP contribution in [0.5, 0.6) is 0 Å². The Morgan fingerprint density at radius 1 is 1.21 bits per heavy atom. The summed E-state index contributed by atoms with van der Waals surface area (Å²) in [5.74, 6) is 0.976. The molecule has 0 atom stereocenters. The third-order valence-electron chi connectivity index (χ3n) is 3.74. The third-order valence-corrected chi connectivity index (χ3v) is 3.74. The number of rotatable bonds is 3. The first-order chi connectivity index (χ1) is 9.33. The van der Waals surface area contributed by atoms with Crippen LogP contribution in [-0.4, -0.2) is 16.5 Å². The van der Waals surface area contributed by atoms with Crippen molar-refractivity contribution in [1.82, 2.24) is 15.3 Å². The molecule has 2 aromatic rings. The highest BCUT2D eigenvalue weighted by Gasteiger charge is 2.11. The molecule has 0 radical (unpaired) electrons. The molecule has 0 amide bonds. The molecule has 0 bridgehead atoms. The van der Waals surface area contributed by atoms with Crippen molar-refractivity contribution < 1.29 is 0 Å². The second kappa shape index (κ2) is 5.49. The fourth-order valence-corrected chi connectivity index (χ4v) is 2.53. The molecule has 0 saturated heterocycles. The molecule has 0 saturated carbocycles. The summed E-state index contributed by atoms with van der Waals surface area (Å²) in [5, 5.41) is 3.35. The van der Waals surface area contributed by atoms with Crippen molar-refractivity contribution in [2.45, 2.75) is 32.7 Å². The molecule has 1 aromatic carbocycles. The van der Waals surface area contributed by atoms with Gasteiger partial charge in [0.15, 0.2) is 0 Å². The molecule has 1 aromatic heterocycles. The van der Waals surface area contributed by atoms with Gasteiger partial charge in [-0.25, -0.2) is 9.97 Å². The van der Waals surface area contributed by atoms with Crippen LogP contribution in [0.3, 0.4) is 0 Å². The van der Waals surface area contributed by atoms with Crippen molar-refractivity contribution in [2.24, 2.45) is 0 Å². The predicted molar refractivity (Wildman–Crippen MR) is 76.0 cm³/mol. The number of hydrogen-bond acceptors (Lipinski definition) is 3. The zero-order chi connectivity index (χ0) is 13.1. The molecule has 3 nitrogen and oxygen atoms in total. The maximum absolute atomic E-state index is 4.71. The SMILES string of the molecule is Cc1ccccc1CCc1ncc2c(n1)CCNC2. The van der Waals surface area contributed by atoms with Crippen molar-refractivity contribution in [3.05, 3.63) is 58.7 Å². The summed E-state index contributed by atoms with van der Waals surface area (Å²) in [6, 6.07) is 8.54. The lowest BCUT2D eigenvalue weighted by Crippen LogP contribution is -2.25. The van der Waals surface area contributed by atoms with Gasteiger partial charge in [0.05, 0.1) is 0 Å². The van der Waals surface area contributed by atoms with Crippen LogP contribution in [0.15, 0.2) is 30.5 Å². The van der Waals surface area contributed by atoms with Crippen LogP contribution in [0, 0.1) is 6.92 Å². The molecule has 1 aliphatic rings. The largest absolute Gasteiger partial charge is 0.312 e.